The molecule has 0 aliphatic heterocycles. The van der Waals surface area contributed by atoms with Crippen molar-refractivity contribution in [3.05, 3.63) is 76.6 Å². The van der Waals surface area contributed by atoms with Crippen LogP contribution in [0.4, 0.5) is 13.2 Å². The molecule has 3 rings (SSSR count). The largest absolute Gasteiger partial charge is 0.468 e. The summed E-state index contributed by atoms with van der Waals surface area (Å²) in [7, 11) is 1.18. The third-order valence-electron chi connectivity index (χ3n) is 4.29. The predicted molar refractivity (Wildman–Crippen MR) is 105 cm³/mol. The number of alkyl halides is 3. The van der Waals surface area contributed by atoms with Crippen molar-refractivity contribution in [3.63, 3.8) is 0 Å². The number of nitrogens with zero attached hydrogens (tertiary/aromatic N) is 4. The number of halogens is 4. The Morgan fingerprint density at radius 2 is 1.81 bits per heavy atom. The maximum atomic E-state index is 13.3. The highest BCUT2D eigenvalue weighted by Crippen LogP contribution is 2.33. The second-order valence-corrected chi connectivity index (χ2v) is 6.86. The Hall–Kier alpha value is -3.40. The van der Waals surface area contributed by atoms with Crippen LogP contribution in [-0.4, -0.2) is 45.4 Å². The van der Waals surface area contributed by atoms with Gasteiger partial charge in [0.2, 0.25) is 0 Å². The molecule has 0 aliphatic carbocycles. The fraction of sp³-hybridized carbons (Fsp3) is 0.200. The summed E-state index contributed by atoms with van der Waals surface area (Å²) < 4.78 is 45.4. The number of hydrogen-bond acceptors (Lipinski definition) is 5. The summed E-state index contributed by atoms with van der Waals surface area (Å²) in [6.45, 7) is -0.360. The van der Waals surface area contributed by atoms with E-state index in [-0.39, 0.29) is 24.5 Å². The zero-order valence-electron chi connectivity index (χ0n) is 16.1. The summed E-state index contributed by atoms with van der Waals surface area (Å²) in [6, 6.07) is 11.4. The van der Waals surface area contributed by atoms with Gasteiger partial charge in [0.05, 0.1) is 24.6 Å². The molecule has 0 aliphatic rings. The zero-order valence-corrected chi connectivity index (χ0v) is 16.9. The lowest BCUT2D eigenvalue weighted by Crippen LogP contribution is -2.36. The molecule has 31 heavy (non-hydrogen) atoms. The van der Waals surface area contributed by atoms with Crippen molar-refractivity contribution in [3.8, 4) is 5.69 Å². The molecule has 0 unspecified atom stereocenters. The van der Waals surface area contributed by atoms with E-state index in [1.54, 1.807) is 24.3 Å². The number of carbonyl (C=O) groups is 2. The van der Waals surface area contributed by atoms with Crippen molar-refractivity contribution in [1.82, 2.24) is 19.9 Å². The van der Waals surface area contributed by atoms with Crippen molar-refractivity contribution in [1.29, 1.82) is 0 Å². The Morgan fingerprint density at radius 3 is 2.45 bits per heavy atom. The van der Waals surface area contributed by atoms with Gasteiger partial charge in [0, 0.05) is 11.6 Å². The van der Waals surface area contributed by atoms with Gasteiger partial charge in [0.15, 0.2) is 5.69 Å². The molecule has 0 radical (unpaired) electrons. The van der Waals surface area contributed by atoms with Crippen LogP contribution in [0.15, 0.2) is 54.7 Å². The van der Waals surface area contributed by atoms with Crippen LogP contribution < -0.4 is 0 Å². The van der Waals surface area contributed by atoms with Gasteiger partial charge in [0.25, 0.3) is 5.91 Å². The summed E-state index contributed by atoms with van der Waals surface area (Å²) >= 11 is 5.86. The monoisotopic (exact) mass is 452 g/mol. The second kappa shape index (κ2) is 9.17. The molecule has 1 heterocycles. The first-order chi connectivity index (χ1) is 14.7. The third-order valence-corrected chi connectivity index (χ3v) is 4.54. The average molecular weight is 453 g/mol. The molecular weight excluding hydrogens is 437 g/mol. The molecule has 0 atom stereocenters. The number of rotatable bonds is 6. The number of hydrogen-bond donors (Lipinski definition) is 0. The van der Waals surface area contributed by atoms with Crippen molar-refractivity contribution < 1.29 is 27.5 Å². The lowest BCUT2D eigenvalue weighted by molar-refractivity contribution is -0.141. The molecular formula is C20H16ClF3N4O3. The van der Waals surface area contributed by atoms with Gasteiger partial charge in [-0.3, -0.25) is 9.59 Å². The number of amides is 1. The van der Waals surface area contributed by atoms with E-state index < -0.39 is 23.6 Å². The fourth-order valence-electron chi connectivity index (χ4n) is 2.78. The number of aromatic nitrogens is 3. The molecule has 0 N–H and O–H groups in total. The molecule has 7 nitrogen and oxygen atoms in total. The summed E-state index contributed by atoms with van der Waals surface area (Å²) in [5, 5.41) is 7.87. The minimum atomic E-state index is -4.61. The smallest absolute Gasteiger partial charge is 0.418 e. The zero-order chi connectivity index (χ0) is 22.6. The molecule has 0 spiro atoms. The number of esters is 1. The van der Waals surface area contributed by atoms with E-state index in [0.29, 0.717) is 10.6 Å². The van der Waals surface area contributed by atoms with Crippen LogP contribution >= 0.6 is 11.6 Å². The van der Waals surface area contributed by atoms with Crippen LogP contribution in [0.2, 0.25) is 5.02 Å². The first-order valence-electron chi connectivity index (χ1n) is 8.88. The Balaban J connectivity index is 1.90. The molecule has 0 saturated heterocycles. The molecule has 0 saturated carbocycles. The van der Waals surface area contributed by atoms with E-state index in [0.717, 1.165) is 21.8 Å². The molecule has 11 heteroatoms. The Bertz CT molecular complexity index is 1080. The highest BCUT2D eigenvalue weighted by Gasteiger charge is 2.34. The summed E-state index contributed by atoms with van der Waals surface area (Å²) in [4.78, 5) is 25.9. The Labute approximate surface area is 180 Å². The first kappa shape index (κ1) is 22.3. The highest BCUT2D eigenvalue weighted by atomic mass is 35.5. The molecule has 162 valence electrons. The second-order valence-electron chi connectivity index (χ2n) is 6.43. The number of benzene rings is 2. The van der Waals surface area contributed by atoms with Crippen molar-refractivity contribution >= 4 is 23.5 Å². The summed E-state index contributed by atoms with van der Waals surface area (Å²) in [5.41, 5.74) is -0.753. The van der Waals surface area contributed by atoms with Crippen LogP contribution in [0.3, 0.4) is 0 Å². The van der Waals surface area contributed by atoms with Gasteiger partial charge in [-0.2, -0.15) is 13.2 Å². The summed E-state index contributed by atoms with van der Waals surface area (Å²) in [5.74, 6) is -1.37. The third kappa shape index (κ3) is 5.40. The van der Waals surface area contributed by atoms with Crippen molar-refractivity contribution in [2.45, 2.75) is 12.7 Å². The predicted octanol–water partition coefficient (Wildman–Crippen LogP) is 3.75. The van der Waals surface area contributed by atoms with Crippen molar-refractivity contribution in [2.75, 3.05) is 13.7 Å². The topological polar surface area (TPSA) is 77.3 Å². The number of ether oxygens (including phenoxy) is 1. The fourth-order valence-corrected chi connectivity index (χ4v) is 2.91. The Morgan fingerprint density at radius 1 is 1.13 bits per heavy atom. The van der Waals surface area contributed by atoms with E-state index in [2.05, 4.69) is 15.0 Å². The first-order valence-corrected chi connectivity index (χ1v) is 9.26. The number of carbonyl (C=O) groups excluding carboxylic acids is 2. The summed E-state index contributed by atoms with van der Waals surface area (Å²) in [6.07, 6.45) is -3.53. The molecule has 2 aromatic carbocycles. The minimum Gasteiger partial charge on any atom is -0.468 e. The van der Waals surface area contributed by atoms with Gasteiger partial charge in [-0.15, -0.1) is 5.10 Å². The quantitative estimate of drug-likeness (QED) is 0.532. The Kier molecular flexibility index (Phi) is 6.59. The van der Waals surface area contributed by atoms with Crippen LogP contribution in [0.25, 0.3) is 5.69 Å². The number of methoxy groups -OCH3 is 1. The molecule has 1 aromatic heterocycles. The average Bonchev–Trinajstić information content (AvgIpc) is 3.23. The lowest BCUT2D eigenvalue weighted by atomic mass is 10.1. The minimum absolute atomic E-state index is 0.0249. The van der Waals surface area contributed by atoms with Gasteiger partial charge in [-0.05, 0) is 29.8 Å². The van der Waals surface area contributed by atoms with Crippen molar-refractivity contribution in [2.24, 2.45) is 0 Å². The van der Waals surface area contributed by atoms with Crippen LogP contribution in [0, 0.1) is 0 Å². The van der Waals surface area contributed by atoms with E-state index >= 15 is 0 Å². The lowest BCUT2D eigenvalue weighted by Gasteiger charge is -2.20. The standard InChI is InChI=1S/C20H16ClF3N4O3/c1-31-18(29)12-27(10-13-6-8-14(21)9-7-13)19(30)16-11-28(26-25-16)17-5-3-2-4-15(17)20(22,23)24/h2-9,11H,10,12H2,1H3. The van der Waals surface area contributed by atoms with E-state index in [1.807, 2.05) is 0 Å². The highest BCUT2D eigenvalue weighted by molar-refractivity contribution is 6.30. The molecule has 3 aromatic rings. The van der Waals surface area contributed by atoms with Gasteiger partial charge in [-0.25, -0.2) is 4.68 Å². The SMILES string of the molecule is COC(=O)CN(Cc1ccc(Cl)cc1)C(=O)c1cn(-c2ccccc2C(F)(F)F)nn1. The van der Waals surface area contributed by atoms with E-state index in [1.165, 1.54) is 25.3 Å². The number of para-hydroxylation sites is 1. The molecule has 0 bridgehead atoms. The normalized spacial score (nSPS) is 11.3. The van der Waals surface area contributed by atoms with E-state index in [9.17, 15) is 22.8 Å². The maximum absolute atomic E-state index is 13.3. The van der Waals surface area contributed by atoms with Crippen LogP contribution in [0.1, 0.15) is 21.6 Å². The maximum Gasteiger partial charge on any atom is 0.418 e. The van der Waals surface area contributed by atoms with Gasteiger partial charge in [-0.1, -0.05) is 41.1 Å². The van der Waals surface area contributed by atoms with Crippen LogP contribution in [-0.2, 0) is 22.3 Å². The molecule has 0 fully saturated rings. The van der Waals surface area contributed by atoms with Gasteiger partial charge in [0.1, 0.15) is 6.54 Å². The van der Waals surface area contributed by atoms with Crippen LogP contribution in [0.5, 0.6) is 0 Å². The van der Waals surface area contributed by atoms with Gasteiger partial charge < -0.3 is 9.64 Å². The molecule has 1 amide bonds. The van der Waals surface area contributed by atoms with Gasteiger partial charge >= 0.3 is 12.1 Å². The van der Waals surface area contributed by atoms with E-state index in [4.69, 9.17) is 11.6 Å².